The number of benzene rings is 1. The van der Waals surface area contributed by atoms with Crippen LogP contribution >= 0.6 is 0 Å². The highest BCUT2D eigenvalue weighted by atomic mass is 16.5. The molecule has 0 bridgehead atoms. The van der Waals surface area contributed by atoms with Crippen LogP contribution in [0.15, 0.2) is 24.3 Å². The standard InChI is InChI=1S/C15H22N2O2/c1-3-8-17-14(18)10-13(16)15(17)11-6-5-7-12(9-11)19-4-2/h5-7,9,13,15H,3-4,8,10,16H2,1-2H3. The lowest BCUT2D eigenvalue weighted by molar-refractivity contribution is -0.129. The van der Waals surface area contributed by atoms with Gasteiger partial charge in [0.2, 0.25) is 5.91 Å². The number of amides is 1. The lowest BCUT2D eigenvalue weighted by Crippen LogP contribution is -2.33. The Kier molecular flexibility index (Phi) is 4.43. The van der Waals surface area contributed by atoms with E-state index >= 15 is 0 Å². The van der Waals surface area contributed by atoms with E-state index in [1.807, 2.05) is 36.1 Å². The molecular weight excluding hydrogens is 240 g/mol. The molecule has 1 aromatic rings. The van der Waals surface area contributed by atoms with Gasteiger partial charge in [0, 0.05) is 19.0 Å². The summed E-state index contributed by atoms with van der Waals surface area (Å²) in [6.07, 6.45) is 1.38. The quantitative estimate of drug-likeness (QED) is 0.884. The molecule has 1 fully saturated rings. The molecule has 0 radical (unpaired) electrons. The fraction of sp³-hybridized carbons (Fsp3) is 0.533. The van der Waals surface area contributed by atoms with Gasteiger partial charge in [-0.3, -0.25) is 4.79 Å². The zero-order chi connectivity index (χ0) is 13.8. The molecule has 1 aliphatic heterocycles. The third-order valence-corrected chi connectivity index (χ3v) is 3.45. The third-order valence-electron chi connectivity index (χ3n) is 3.45. The predicted octanol–water partition coefficient (Wildman–Crippen LogP) is 2.10. The van der Waals surface area contributed by atoms with Gasteiger partial charge in [0.1, 0.15) is 5.75 Å². The van der Waals surface area contributed by atoms with E-state index in [4.69, 9.17) is 10.5 Å². The van der Waals surface area contributed by atoms with E-state index in [1.165, 1.54) is 0 Å². The first-order valence-electron chi connectivity index (χ1n) is 6.95. The van der Waals surface area contributed by atoms with Crippen LogP contribution in [-0.2, 0) is 4.79 Å². The maximum Gasteiger partial charge on any atom is 0.224 e. The van der Waals surface area contributed by atoms with E-state index < -0.39 is 0 Å². The lowest BCUT2D eigenvalue weighted by Gasteiger charge is -2.27. The average molecular weight is 262 g/mol. The van der Waals surface area contributed by atoms with Gasteiger partial charge in [-0.25, -0.2) is 0 Å². The van der Waals surface area contributed by atoms with Crippen molar-refractivity contribution in [3.05, 3.63) is 29.8 Å². The van der Waals surface area contributed by atoms with Gasteiger partial charge >= 0.3 is 0 Å². The number of carbonyl (C=O) groups is 1. The Hall–Kier alpha value is -1.55. The fourth-order valence-corrected chi connectivity index (χ4v) is 2.70. The number of hydrogen-bond donors (Lipinski definition) is 1. The van der Waals surface area contributed by atoms with Gasteiger partial charge in [0.15, 0.2) is 0 Å². The third kappa shape index (κ3) is 2.89. The maximum atomic E-state index is 12.0. The summed E-state index contributed by atoms with van der Waals surface area (Å²) in [5, 5.41) is 0. The van der Waals surface area contributed by atoms with E-state index in [0.717, 1.165) is 24.3 Å². The van der Waals surface area contributed by atoms with E-state index in [2.05, 4.69) is 6.92 Å². The highest BCUT2D eigenvalue weighted by molar-refractivity contribution is 5.80. The summed E-state index contributed by atoms with van der Waals surface area (Å²) in [7, 11) is 0. The molecule has 4 heteroatoms. The van der Waals surface area contributed by atoms with Crippen LogP contribution in [0.25, 0.3) is 0 Å². The Morgan fingerprint density at radius 2 is 2.21 bits per heavy atom. The zero-order valence-electron chi connectivity index (χ0n) is 11.6. The molecule has 1 heterocycles. The van der Waals surface area contributed by atoms with Crippen LogP contribution < -0.4 is 10.5 Å². The molecule has 1 aliphatic rings. The van der Waals surface area contributed by atoms with Crippen molar-refractivity contribution < 1.29 is 9.53 Å². The van der Waals surface area contributed by atoms with Gasteiger partial charge < -0.3 is 15.4 Å². The molecule has 0 spiro atoms. The molecule has 4 nitrogen and oxygen atoms in total. The van der Waals surface area contributed by atoms with Gasteiger partial charge in [-0.2, -0.15) is 0 Å². The van der Waals surface area contributed by atoms with Gasteiger partial charge in [-0.15, -0.1) is 0 Å². The van der Waals surface area contributed by atoms with Gasteiger partial charge in [0.05, 0.1) is 12.6 Å². The summed E-state index contributed by atoms with van der Waals surface area (Å²) in [5.74, 6) is 0.990. The summed E-state index contributed by atoms with van der Waals surface area (Å²) in [6, 6.07) is 7.76. The monoisotopic (exact) mass is 262 g/mol. The molecule has 2 atom stereocenters. The highest BCUT2D eigenvalue weighted by Gasteiger charge is 2.37. The summed E-state index contributed by atoms with van der Waals surface area (Å²) in [4.78, 5) is 13.9. The number of nitrogens with two attached hydrogens (primary N) is 1. The van der Waals surface area contributed by atoms with Crippen molar-refractivity contribution in [3.8, 4) is 5.75 Å². The average Bonchev–Trinajstić information content (AvgIpc) is 2.66. The van der Waals surface area contributed by atoms with Gasteiger partial charge in [-0.1, -0.05) is 19.1 Å². The van der Waals surface area contributed by atoms with Crippen LogP contribution in [0.3, 0.4) is 0 Å². The summed E-state index contributed by atoms with van der Waals surface area (Å²) in [6.45, 7) is 5.43. The Balaban J connectivity index is 2.27. The van der Waals surface area contributed by atoms with Crippen molar-refractivity contribution in [1.82, 2.24) is 4.90 Å². The van der Waals surface area contributed by atoms with Crippen molar-refractivity contribution in [1.29, 1.82) is 0 Å². The highest BCUT2D eigenvalue weighted by Crippen LogP contribution is 2.33. The SMILES string of the molecule is CCCN1C(=O)CC(N)C1c1cccc(OCC)c1. The molecule has 104 valence electrons. The van der Waals surface area contributed by atoms with Crippen molar-refractivity contribution >= 4 is 5.91 Å². The Morgan fingerprint density at radius 1 is 1.42 bits per heavy atom. The smallest absolute Gasteiger partial charge is 0.224 e. The second kappa shape index (κ2) is 6.06. The summed E-state index contributed by atoms with van der Waals surface area (Å²) in [5.41, 5.74) is 7.21. The van der Waals surface area contributed by atoms with Crippen molar-refractivity contribution in [2.75, 3.05) is 13.2 Å². The normalized spacial score (nSPS) is 22.9. The number of hydrogen-bond acceptors (Lipinski definition) is 3. The van der Waals surface area contributed by atoms with Gasteiger partial charge in [0.25, 0.3) is 0 Å². The molecule has 0 saturated carbocycles. The molecule has 2 N–H and O–H groups in total. The molecule has 2 unspecified atom stereocenters. The number of ether oxygens (including phenoxy) is 1. The van der Waals surface area contributed by atoms with Crippen LogP contribution in [-0.4, -0.2) is 30.0 Å². The van der Waals surface area contributed by atoms with Crippen LogP contribution in [0.5, 0.6) is 5.75 Å². The molecule has 1 aromatic carbocycles. The summed E-state index contributed by atoms with van der Waals surface area (Å²) >= 11 is 0. The minimum atomic E-state index is -0.129. The topological polar surface area (TPSA) is 55.6 Å². The van der Waals surface area contributed by atoms with E-state index in [9.17, 15) is 4.79 Å². The maximum absolute atomic E-state index is 12.0. The molecule has 0 aliphatic carbocycles. The molecule has 1 amide bonds. The number of nitrogens with zero attached hydrogens (tertiary/aromatic N) is 1. The van der Waals surface area contributed by atoms with Crippen LogP contribution in [0, 0.1) is 0 Å². The molecule has 0 aromatic heterocycles. The zero-order valence-corrected chi connectivity index (χ0v) is 11.6. The first kappa shape index (κ1) is 13.9. The Labute approximate surface area is 114 Å². The fourth-order valence-electron chi connectivity index (χ4n) is 2.70. The minimum absolute atomic E-state index is 0.0205. The number of rotatable bonds is 5. The molecule has 2 rings (SSSR count). The van der Waals surface area contributed by atoms with E-state index in [-0.39, 0.29) is 18.0 Å². The van der Waals surface area contributed by atoms with E-state index in [1.54, 1.807) is 0 Å². The first-order chi connectivity index (χ1) is 9.17. The Bertz CT molecular complexity index is 448. The van der Waals surface area contributed by atoms with Crippen LogP contribution in [0.1, 0.15) is 38.3 Å². The number of likely N-dealkylation sites (tertiary alicyclic amines) is 1. The largest absolute Gasteiger partial charge is 0.494 e. The second-order valence-corrected chi connectivity index (χ2v) is 4.91. The van der Waals surface area contributed by atoms with Crippen LogP contribution in [0.4, 0.5) is 0 Å². The van der Waals surface area contributed by atoms with E-state index in [0.29, 0.717) is 13.0 Å². The molecular formula is C15H22N2O2. The minimum Gasteiger partial charge on any atom is -0.494 e. The number of carbonyl (C=O) groups excluding carboxylic acids is 1. The first-order valence-corrected chi connectivity index (χ1v) is 6.95. The molecule has 1 saturated heterocycles. The van der Waals surface area contributed by atoms with Crippen molar-refractivity contribution in [2.45, 2.75) is 38.8 Å². The lowest BCUT2D eigenvalue weighted by atomic mass is 10.0. The predicted molar refractivity (Wildman–Crippen MR) is 74.9 cm³/mol. The van der Waals surface area contributed by atoms with Crippen molar-refractivity contribution in [3.63, 3.8) is 0 Å². The summed E-state index contributed by atoms with van der Waals surface area (Å²) < 4.78 is 5.52. The Morgan fingerprint density at radius 3 is 2.89 bits per heavy atom. The van der Waals surface area contributed by atoms with Crippen LogP contribution in [0.2, 0.25) is 0 Å². The second-order valence-electron chi connectivity index (χ2n) is 4.91. The van der Waals surface area contributed by atoms with Gasteiger partial charge in [-0.05, 0) is 31.0 Å². The molecule has 19 heavy (non-hydrogen) atoms. The van der Waals surface area contributed by atoms with Crippen molar-refractivity contribution in [2.24, 2.45) is 5.73 Å².